The third-order valence-corrected chi connectivity index (χ3v) is 4.89. The zero-order valence-electron chi connectivity index (χ0n) is 19.6. The van der Waals surface area contributed by atoms with E-state index in [-0.39, 0.29) is 0 Å². The van der Waals surface area contributed by atoms with Crippen molar-refractivity contribution < 1.29 is 0 Å². The smallest absolute Gasteiger partial charge is 0.0519 e. The molecule has 0 unspecified atom stereocenters. The maximum atomic E-state index is 4.73. The Balaban J connectivity index is 2.79. The minimum absolute atomic E-state index is 0.487. The van der Waals surface area contributed by atoms with Crippen LogP contribution in [0.3, 0.4) is 0 Å². The van der Waals surface area contributed by atoms with Gasteiger partial charge >= 0.3 is 0 Å². The minimum atomic E-state index is 0.487. The van der Waals surface area contributed by atoms with Crippen molar-refractivity contribution in [1.29, 1.82) is 0 Å². The second-order valence-corrected chi connectivity index (χ2v) is 8.70. The number of aliphatic imine (C=N–C) groups is 1. The average Bonchev–Trinajstić information content (AvgIpc) is 2.59. The first-order chi connectivity index (χ1) is 13.1. The van der Waals surface area contributed by atoms with E-state index in [1.54, 1.807) is 0 Å². The number of rotatable bonds is 11. The molecule has 0 heterocycles. The highest BCUT2D eigenvalue weighted by atomic mass is 15.2. The van der Waals surface area contributed by atoms with Crippen molar-refractivity contribution in [2.75, 3.05) is 52.6 Å². The largest absolute Gasteiger partial charge is 0.359 e. The van der Waals surface area contributed by atoms with Crippen LogP contribution in [-0.4, -0.2) is 62.8 Å². The molecule has 0 aliphatic rings. The van der Waals surface area contributed by atoms with Gasteiger partial charge in [0.2, 0.25) is 0 Å². The summed E-state index contributed by atoms with van der Waals surface area (Å²) in [5.41, 5.74) is 6.21. The Morgan fingerprint density at radius 1 is 0.964 bits per heavy atom. The van der Waals surface area contributed by atoms with Crippen LogP contribution >= 0.6 is 0 Å². The van der Waals surface area contributed by atoms with Gasteiger partial charge in [0, 0.05) is 36.7 Å². The number of hydrogen-bond donors (Lipinski definition) is 1. The van der Waals surface area contributed by atoms with Gasteiger partial charge in [-0.25, -0.2) is 0 Å². The molecule has 0 fully saturated rings. The molecule has 0 bridgehead atoms. The number of likely N-dealkylation sites (N-methyl/N-ethyl adjacent to an activating group) is 2. The molecule has 0 atom stereocenters. The Kier molecular flexibility index (Phi) is 10.5. The quantitative estimate of drug-likeness (QED) is 0.530. The predicted molar refractivity (Wildman–Crippen MR) is 126 cm³/mol. The topological polar surface area (TPSA) is 30.9 Å². The van der Waals surface area contributed by atoms with Gasteiger partial charge in [0.25, 0.3) is 0 Å². The first-order valence-electron chi connectivity index (χ1n) is 10.5. The van der Waals surface area contributed by atoms with E-state index < -0.39 is 0 Å². The molecule has 1 rings (SSSR count). The number of hydrogen-bond acceptors (Lipinski definition) is 4. The summed E-state index contributed by atoms with van der Waals surface area (Å²) < 4.78 is 0. The van der Waals surface area contributed by atoms with E-state index in [0.717, 1.165) is 37.6 Å². The summed E-state index contributed by atoms with van der Waals surface area (Å²) in [6.45, 7) is 17.2. The van der Waals surface area contributed by atoms with Gasteiger partial charge in [-0.3, -0.25) is 4.99 Å². The maximum absolute atomic E-state index is 4.73. The highest BCUT2D eigenvalue weighted by Gasteiger charge is 2.13. The van der Waals surface area contributed by atoms with Gasteiger partial charge in [-0.1, -0.05) is 45.9 Å². The number of allylic oxidation sites excluding steroid dienone is 2. The summed E-state index contributed by atoms with van der Waals surface area (Å²) in [4.78, 5) is 9.28. The highest BCUT2D eigenvalue weighted by Crippen LogP contribution is 2.33. The highest BCUT2D eigenvalue weighted by molar-refractivity contribution is 5.93. The van der Waals surface area contributed by atoms with Gasteiger partial charge in [0.05, 0.1) is 6.54 Å². The number of para-hydroxylation sites is 1. The van der Waals surface area contributed by atoms with Crippen LogP contribution in [0.15, 0.2) is 35.0 Å². The molecule has 0 aliphatic heterocycles. The Morgan fingerprint density at radius 3 is 2.04 bits per heavy atom. The van der Waals surface area contributed by atoms with Crippen LogP contribution in [0, 0.1) is 0 Å². The lowest BCUT2D eigenvalue weighted by atomic mass is 9.92. The lowest BCUT2D eigenvalue weighted by molar-refractivity contribution is 0.288. The predicted octanol–water partition coefficient (Wildman–Crippen LogP) is 5.20. The van der Waals surface area contributed by atoms with Crippen LogP contribution in [-0.2, 0) is 0 Å². The molecule has 0 saturated carbocycles. The van der Waals surface area contributed by atoms with Crippen LogP contribution in [0.4, 0.5) is 5.69 Å². The monoisotopic (exact) mass is 386 g/mol. The number of benzene rings is 1. The van der Waals surface area contributed by atoms with E-state index in [9.17, 15) is 0 Å². The Hall–Kier alpha value is -1.65. The van der Waals surface area contributed by atoms with E-state index in [1.165, 1.54) is 16.8 Å². The van der Waals surface area contributed by atoms with Gasteiger partial charge in [0.1, 0.15) is 0 Å². The first kappa shape index (κ1) is 24.4. The molecule has 0 aromatic heterocycles. The molecule has 0 aliphatic carbocycles. The second kappa shape index (κ2) is 12.0. The van der Waals surface area contributed by atoms with Crippen molar-refractivity contribution in [3.63, 3.8) is 0 Å². The molecular formula is C24H42N4. The van der Waals surface area contributed by atoms with Gasteiger partial charge < -0.3 is 15.1 Å². The second-order valence-electron chi connectivity index (χ2n) is 8.70. The van der Waals surface area contributed by atoms with Crippen LogP contribution in [0.5, 0.6) is 0 Å². The standard InChI is InChI=1S/C24H42N4/c1-18(2)22-11-10-12-23(19(3)4)24(22)26-21(6)17-20(5)25-13-14-28(9)16-15-27(7)8/h10-12,17-19,26H,13-16H2,1-9H3. The fraction of sp³-hybridized carbons (Fsp3) is 0.625. The van der Waals surface area contributed by atoms with Crippen molar-refractivity contribution in [3.8, 4) is 0 Å². The summed E-state index contributed by atoms with van der Waals surface area (Å²) in [6, 6.07) is 6.64. The average molecular weight is 387 g/mol. The number of anilines is 1. The Bertz CT molecular complexity index is 630. The molecule has 1 N–H and O–H groups in total. The molecule has 4 nitrogen and oxygen atoms in total. The first-order valence-corrected chi connectivity index (χ1v) is 10.5. The number of nitrogens with zero attached hydrogens (tertiary/aromatic N) is 3. The van der Waals surface area contributed by atoms with E-state index in [1.807, 2.05) is 0 Å². The Morgan fingerprint density at radius 2 is 1.54 bits per heavy atom. The summed E-state index contributed by atoms with van der Waals surface area (Å²) in [5.74, 6) is 0.975. The van der Waals surface area contributed by atoms with Crippen molar-refractivity contribution in [1.82, 2.24) is 9.80 Å². The molecule has 1 aromatic carbocycles. The van der Waals surface area contributed by atoms with Gasteiger partial charge in [-0.2, -0.15) is 0 Å². The third-order valence-electron chi connectivity index (χ3n) is 4.89. The fourth-order valence-corrected chi connectivity index (χ4v) is 3.17. The van der Waals surface area contributed by atoms with E-state index in [0.29, 0.717) is 11.8 Å². The molecule has 1 aromatic rings. The number of nitrogens with one attached hydrogen (secondary N) is 1. The molecular weight excluding hydrogens is 344 g/mol. The molecule has 0 saturated heterocycles. The minimum Gasteiger partial charge on any atom is -0.359 e. The molecule has 0 amide bonds. The Labute approximate surface area is 173 Å². The van der Waals surface area contributed by atoms with Gasteiger partial charge in [-0.05, 0) is 64.0 Å². The van der Waals surface area contributed by atoms with Crippen LogP contribution in [0.1, 0.15) is 64.5 Å². The zero-order valence-corrected chi connectivity index (χ0v) is 19.6. The van der Waals surface area contributed by atoms with Crippen molar-refractivity contribution in [2.45, 2.75) is 53.4 Å². The fourth-order valence-electron chi connectivity index (χ4n) is 3.17. The van der Waals surface area contributed by atoms with Crippen molar-refractivity contribution in [2.24, 2.45) is 4.99 Å². The molecule has 4 heteroatoms. The lowest BCUT2D eigenvalue weighted by Gasteiger charge is -2.21. The molecule has 158 valence electrons. The molecule has 0 spiro atoms. The molecule has 28 heavy (non-hydrogen) atoms. The van der Waals surface area contributed by atoms with E-state index >= 15 is 0 Å². The van der Waals surface area contributed by atoms with Crippen LogP contribution < -0.4 is 5.32 Å². The van der Waals surface area contributed by atoms with Crippen molar-refractivity contribution in [3.05, 3.63) is 41.1 Å². The van der Waals surface area contributed by atoms with Gasteiger partial charge in [0.15, 0.2) is 0 Å². The zero-order chi connectivity index (χ0) is 21.3. The summed E-state index contributed by atoms with van der Waals surface area (Å²) in [7, 11) is 6.38. The van der Waals surface area contributed by atoms with Crippen LogP contribution in [0.25, 0.3) is 0 Å². The molecule has 0 radical (unpaired) electrons. The lowest BCUT2D eigenvalue weighted by Crippen LogP contribution is -2.30. The summed E-state index contributed by atoms with van der Waals surface area (Å²) in [5, 5.41) is 3.67. The van der Waals surface area contributed by atoms with Gasteiger partial charge in [-0.15, -0.1) is 0 Å². The summed E-state index contributed by atoms with van der Waals surface area (Å²) in [6.07, 6.45) is 2.15. The summed E-state index contributed by atoms with van der Waals surface area (Å²) >= 11 is 0. The van der Waals surface area contributed by atoms with Crippen LogP contribution in [0.2, 0.25) is 0 Å². The van der Waals surface area contributed by atoms with E-state index in [4.69, 9.17) is 4.99 Å². The third kappa shape index (κ3) is 8.57. The maximum Gasteiger partial charge on any atom is 0.0519 e. The SMILES string of the molecule is CC(=CC(C)=NCCN(C)CCN(C)C)Nc1c(C(C)C)cccc1C(C)C. The van der Waals surface area contributed by atoms with Crippen molar-refractivity contribution >= 4 is 11.4 Å². The van der Waals surface area contributed by atoms with E-state index in [2.05, 4.69) is 102 Å². The normalized spacial score (nSPS) is 13.3.